The van der Waals surface area contributed by atoms with Gasteiger partial charge in [-0.05, 0) is 62.5 Å². The fourth-order valence-electron chi connectivity index (χ4n) is 8.51. The van der Waals surface area contributed by atoms with Crippen LogP contribution in [0.5, 0.6) is 0 Å². The van der Waals surface area contributed by atoms with E-state index in [2.05, 4.69) is 57.5 Å². The lowest BCUT2D eigenvalue weighted by Gasteiger charge is -2.29. The summed E-state index contributed by atoms with van der Waals surface area (Å²) in [6.45, 7) is -0.222. The summed E-state index contributed by atoms with van der Waals surface area (Å²) in [6.07, 6.45) is 0.872. The van der Waals surface area contributed by atoms with Crippen LogP contribution in [0.4, 0.5) is 0 Å². The second kappa shape index (κ2) is 33.8. The first kappa shape index (κ1) is 67.6. The van der Waals surface area contributed by atoms with E-state index >= 15 is 0 Å². The minimum Gasteiger partial charge on any atom is -0.480 e. The Bertz CT molecular complexity index is 2620. The van der Waals surface area contributed by atoms with Gasteiger partial charge in [0.15, 0.2) is 11.9 Å². The zero-order chi connectivity index (χ0) is 61.2. The first-order chi connectivity index (χ1) is 38.8. The number of aliphatic carboxylic acids is 1. The van der Waals surface area contributed by atoms with Crippen LogP contribution >= 0.6 is 0 Å². The largest absolute Gasteiger partial charge is 0.480 e. The second-order valence-electron chi connectivity index (χ2n) is 19.6. The van der Waals surface area contributed by atoms with E-state index in [4.69, 9.17) is 34.4 Å². The fourth-order valence-corrected chi connectivity index (χ4v) is 8.51. The number of likely N-dealkylation sites (tertiary alicyclic amines) is 1. The van der Waals surface area contributed by atoms with Gasteiger partial charge in [-0.3, -0.25) is 57.9 Å². The number of aliphatic imine (C=N–C) groups is 2. The van der Waals surface area contributed by atoms with Gasteiger partial charge < -0.3 is 107 Å². The van der Waals surface area contributed by atoms with Crippen molar-refractivity contribution >= 4 is 87.9 Å². The molecule has 33 heteroatoms. The lowest BCUT2D eigenvalue weighted by Crippen LogP contribution is -2.61. The molecule has 454 valence electrons. The number of primary amides is 1. The number of benzene rings is 1. The first-order valence-electron chi connectivity index (χ1n) is 26.2. The number of guanidine groups is 2. The number of H-pyrrole nitrogens is 1. The number of rotatable bonds is 35. The Morgan fingerprint density at radius 3 is 1.68 bits per heavy atom. The lowest BCUT2D eigenvalue weighted by molar-refractivity contribution is -0.143. The van der Waals surface area contributed by atoms with Crippen LogP contribution in [0.2, 0.25) is 0 Å². The quantitative estimate of drug-likeness (QED) is 0.0173. The van der Waals surface area contributed by atoms with Crippen LogP contribution in [0.1, 0.15) is 70.8 Å². The first-order valence-corrected chi connectivity index (χ1v) is 26.2. The molecule has 2 aromatic rings. The number of carboxylic acids is 1. The van der Waals surface area contributed by atoms with Gasteiger partial charge in [0.05, 0.1) is 32.8 Å². The summed E-state index contributed by atoms with van der Waals surface area (Å²) in [5.74, 6) is -12.2. The van der Waals surface area contributed by atoms with Crippen LogP contribution in [0.25, 0.3) is 10.9 Å². The van der Waals surface area contributed by atoms with Crippen LogP contribution in [-0.4, -0.2) is 208 Å². The Balaban J connectivity index is 1.78. The maximum absolute atomic E-state index is 14.2. The molecule has 1 aliphatic rings. The molecule has 33 nitrogen and oxygen atoms in total. The number of carbonyl (C=O) groups excluding carboxylic acids is 10. The van der Waals surface area contributed by atoms with Crippen LogP contribution in [-0.2, 0) is 59.2 Å². The van der Waals surface area contributed by atoms with Gasteiger partial charge in [-0.15, -0.1) is 0 Å². The molecule has 0 saturated carbocycles. The fraction of sp³-hybridized carbons (Fsp3) is 0.571. The SMILES string of the molecule is CC(C)C[C@H](NC(=O)[C@H](CO)NC(=O)[C@H](CC(N)=O)NC(=O)[C@H](CCCN=C(N)N)NC(=O)[C@H](CO)NC(=O)[C@H](CCCN=C(N)N)NC(=O)CNC(=O)[C@@H]1CCCN1C(=O)[C@H](Cc1c[nH]c2ccccc12)NC(=O)[C@@H](N)CO)C(=O)O. The molecule has 1 aromatic carbocycles. The number of aromatic amines is 1. The standard InChI is InChI=1S/C49H78N18O15/c1-24(2)16-33(47(81)82)64-44(78)35(23-70)66-42(76)31(18-37(51)71)62-41(75)30(11-6-14-57-49(54)55)61-43(77)34(22-69)65-40(74)29(10-5-13-56-48(52)53)60-38(72)20-59-45(79)36-12-7-15-67(36)46(80)32(63-39(73)27(50)21-68)17-25-19-58-28-9-4-3-8-26(25)28/h3-4,8-9,19,24,27,29-36,58,68-70H,5-7,10-18,20-23,50H2,1-2H3,(H2,51,71)(H,59,79)(H,60,72)(H,61,77)(H,62,75)(H,63,73)(H,64,78)(H,65,74)(H,66,76)(H,81,82)(H4,52,53,56)(H4,54,55,57)/t27-,29-,30-,31-,32-,33-,34-,35-,36-/m0/s1. The van der Waals surface area contributed by atoms with E-state index in [0.717, 1.165) is 10.9 Å². The Morgan fingerprint density at radius 2 is 1.16 bits per heavy atom. The van der Waals surface area contributed by atoms with Crippen molar-refractivity contribution in [3.05, 3.63) is 36.0 Å². The molecule has 0 aliphatic carbocycles. The molecule has 3 rings (SSSR count). The highest BCUT2D eigenvalue weighted by Gasteiger charge is 2.39. The number of aliphatic hydroxyl groups excluding tert-OH is 3. The Kier molecular flexibility index (Phi) is 27.9. The third-order valence-corrected chi connectivity index (χ3v) is 12.7. The van der Waals surface area contributed by atoms with Gasteiger partial charge in [0.2, 0.25) is 59.1 Å². The predicted molar refractivity (Wildman–Crippen MR) is 293 cm³/mol. The highest BCUT2D eigenvalue weighted by molar-refractivity contribution is 5.99. The van der Waals surface area contributed by atoms with Crippen molar-refractivity contribution in [1.82, 2.24) is 52.4 Å². The molecule has 1 aliphatic heterocycles. The lowest BCUT2D eigenvalue weighted by atomic mass is 10.0. The molecule has 1 aromatic heterocycles. The van der Waals surface area contributed by atoms with Gasteiger partial charge >= 0.3 is 5.97 Å². The van der Waals surface area contributed by atoms with E-state index in [1.807, 2.05) is 18.2 Å². The molecule has 1 fully saturated rings. The number of aromatic nitrogens is 1. The highest BCUT2D eigenvalue weighted by atomic mass is 16.4. The Morgan fingerprint density at radius 1 is 0.659 bits per heavy atom. The maximum atomic E-state index is 14.2. The molecular formula is C49H78N18O15. The molecule has 2 heterocycles. The van der Waals surface area contributed by atoms with E-state index in [9.17, 15) is 73.2 Å². The summed E-state index contributed by atoms with van der Waals surface area (Å²) in [4.78, 5) is 158. The average Bonchev–Trinajstić information content (AvgIpc) is 4.25. The number of carbonyl (C=O) groups is 11. The number of aliphatic hydroxyl groups is 3. The van der Waals surface area contributed by atoms with E-state index in [1.54, 1.807) is 26.1 Å². The summed E-state index contributed by atoms with van der Waals surface area (Å²) in [5.41, 5.74) is 34.3. The minimum atomic E-state index is -1.86. The summed E-state index contributed by atoms with van der Waals surface area (Å²) in [5, 5.41) is 58.9. The van der Waals surface area contributed by atoms with Gasteiger partial charge in [-0.2, -0.15) is 0 Å². The molecule has 0 radical (unpaired) electrons. The van der Waals surface area contributed by atoms with Gasteiger partial charge in [-0.25, -0.2) is 4.79 Å². The predicted octanol–water partition coefficient (Wildman–Crippen LogP) is -8.37. The van der Waals surface area contributed by atoms with Crippen LogP contribution in [0, 0.1) is 5.92 Å². The number of nitrogens with two attached hydrogens (primary N) is 6. The number of carboxylic acid groups (broad SMARTS) is 1. The molecule has 25 N–H and O–H groups in total. The van der Waals surface area contributed by atoms with Crippen molar-refractivity contribution < 1.29 is 73.2 Å². The summed E-state index contributed by atoms with van der Waals surface area (Å²) >= 11 is 0. The molecule has 9 atom stereocenters. The molecule has 1 saturated heterocycles. The summed E-state index contributed by atoms with van der Waals surface area (Å²) in [7, 11) is 0. The third kappa shape index (κ3) is 22.1. The van der Waals surface area contributed by atoms with Crippen molar-refractivity contribution in [2.24, 2.45) is 50.3 Å². The number of hydrogen-bond acceptors (Lipinski definition) is 17. The van der Waals surface area contributed by atoms with Gasteiger partial charge in [0, 0.05) is 43.2 Å². The maximum Gasteiger partial charge on any atom is 0.326 e. The smallest absolute Gasteiger partial charge is 0.326 e. The third-order valence-electron chi connectivity index (χ3n) is 12.7. The monoisotopic (exact) mass is 1160 g/mol. The van der Waals surface area contributed by atoms with Crippen molar-refractivity contribution in [1.29, 1.82) is 0 Å². The van der Waals surface area contributed by atoms with E-state index in [1.165, 1.54) is 4.90 Å². The summed E-state index contributed by atoms with van der Waals surface area (Å²) in [6, 6.07) is -6.44. The van der Waals surface area contributed by atoms with Crippen molar-refractivity contribution in [2.45, 2.75) is 126 Å². The van der Waals surface area contributed by atoms with E-state index in [-0.39, 0.29) is 82.4 Å². The van der Waals surface area contributed by atoms with Crippen molar-refractivity contribution in [2.75, 3.05) is 46.0 Å². The molecular weight excluding hydrogens is 1080 g/mol. The number of hydrogen-bond donors (Lipinski definition) is 19. The number of amides is 10. The van der Waals surface area contributed by atoms with E-state index in [0.29, 0.717) is 12.0 Å². The normalized spacial score (nSPS) is 15.8. The molecule has 10 amide bonds. The topological polar surface area (TPSA) is 565 Å². The molecule has 0 bridgehead atoms. The Hall–Kier alpha value is -8.69. The highest BCUT2D eigenvalue weighted by Crippen LogP contribution is 2.23. The van der Waals surface area contributed by atoms with Crippen molar-refractivity contribution in [3.8, 4) is 0 Å². The second-order valence-corrected chi connectivity index (χ2v) is 19.6. The molecule has 82 heavy (non-hydrogen) atoms. The number of nitrogens with zero attached hydrogens (tertiary/aromatic N) is 3. The van der Waals surface area contributed by atoms with Gasteiger partial charge in [0.1, 0.15) is 54.4 Å². The minimum absolute atomic E-state index is 0.0113. The average molecular weight is 1160 g/mol. The summed E-state index contributed by atoms with van der Waals surface area (Å²) < 4.78 is 0. The zero-order valence-electron chi connectivity index (χ0n) is 45.6. The molecule has 0 spiro atoms. The Labute approximate surface area is 470 Å². The van der Waals surface area contributed by atoms with Crippen LogP contribution < -0.4 is 76.9 Å². The number of fused-ring (bicyclic) bond motifs is 1. The van der Waals surface area contributed by atoms with Gasteiger partial charge in [-0.1, -0.05) is 32.0 Å². The van der Waals surface area contributed by atoms with E-state index < -0.39 is 152 Å². The number of para-hydroxylation sites is 1. The van der Waals surface area contributed by atoms with Gasteiger partial charge in [0.25, 0.3) is 0 Å². The van der Waals surface area contributed by atoms with Crippen LogP contribution in [0.3, 0.4) is 0 Å². The van der Waals surface area contributed by atoms with Crippen LogP contribution in [0.15, 0.2) is 40.4 Å². The van der Waals surface area contributed by atoms with Crippen molar-refractivity contribution in [3.63, 3.8) is 0 Å². The number of nitrogens with one attached hydrogen (secondary N) is 9. The molecule has 0 unspecified atom stereocenters. The zero-order valence-corrected chi connectivity index (χ0v) is 45.6.